The first-order valence-electron chi connectivity index (χ1n) is 7.86. The summed E-state index contributed by atoms with van der Waals surface area (Å²) in [7, 11) is 1.56. The quantitative estimate of drug-likeness (QED) is 0.666. The molecule has 0 aliphatic heterocycles. The molecule has 132 valence electrons. The molecule has 0 saturated heterocycles. The molecule has 3 rings (SSSR count). The lowest BCUT2D eigenvalue weighted by Gasteiger charge is -2.07. The molecule has 0 fully saturated rings. The Kier molecular flexibility index (Phi) is 5.28. The maximum Gasteiger partial charge on any atom is 0.338 e. The molecular formula is C19H17N3O4. The van der Waals surface area contributed by atoms with E-state index in [-0.39, 0.29) is 6.61 Å². The second kappa shape index (κ2) is 7.98. The van der Waals surface area contributed by atoms with Crippen molar-refractivity contribution in [1.82, 2.24) is 9.97 Å². The van der Waals surface area contributed by atoms with Crippen molar-refractivity contribution in [3.63, 3.8) is 0 Å². The van der Waals surface area contributed by atoms with Gasteiger partial charge < -0.3 is 19.8 Å². The molecule has 1 aromatic heterocycles. The molecule has 3 aromatic rings. The summed E-state index contributed by atoms with van der Waals surface area (Å²) >= 11 is 0. The molecule has 0 aliphatic rings. The highest BCUT2D eigenvalue weighted by Crippen LogP contribution is 2.16. The number of H-pyrrole nitrogens is 1. The van der Waals surface area contributed by atoms with Crippen LogP contribution in [0.2, 0.25) is 0 Å². The topological polar surface area (TPSA) is 93.3 Å². The van der Waals surface area contributed by atoms with E-state index in [1.165, 1.54) is 0 Å². The van der Waals surface area contributed by atoms with Crippen LogP contribution in [0.1, 0.15) is 10.4 Å². The molecule has 1 heterocycles. The van der Waals surface area contributed by atoms with E-state index in [9.17, 15) is 9.59 Å². The molecule has 7 heteroatoms. The molecule has 7 nitrogen and oxygen atoms in total. The van der Waals surface area contributed by atoms with Gasteiger partial charge in [0.25, 0.3) is 5.91 Å². The van der Waals surface area contributed by atoms with Crippen molar-refractivity contribution >= 4 is 17.6 Å². The van der Waals surface area contributed by atoms with Gasteiger partial charge in [-0.3, -0.25) is 4.79 Å². The zero-order valence-electron chi connectivity index (χ0n) is 14.1. The number of imidazole rings is 1. The molecule has 0 atom stereocenters. The second-order valence-electron chi connectivity index (χ2n) is 5.37. The predicted octanol–water partition coefficient (Wildman–Crippen LogP) is 2.88. The Morgan fingerprint density at radius 3 is 2.42 bits per heavy atom. The highest BCUT2D eigenvalue weighted by atomic mass is 16.5. The Morgan fingerprint density at radius 2 is 1.81 bits per heavy atom. The molecule has 0 saturated carbocycles. The third-order valence-corrected chi connectivity index (χ3v) is 3.60. The summed E-state index contributed by atoms with van der Waals surface area (Å²) in [5, 5.41) is 2.64. The van der Waals surface area contributed by atoms with Crippen LogP contribution in [0.4, 0.5) is 5.69 Å². The van der Waals surface area contributed by atoms with E-state index in [0.717, 1.165) is 5.56 Å². The summed E-state index contributed by atoms with van der Waals surface area (Å²) in [5.74, 6) is 0.410. The lowest BCUT2D eigenvalue weighted by Crippen LogP contribution is -2.20. The number of amides is 1. The van der Waals surface area contributed by atoms with E-state index in [1.54, 1.807) is 68.0 Å². The minimum Gasteiger partial charge on any atom is -0.497 e. The number of aromatic nitrogens is 2. The largest absolute Gasteiger partial charge is 0.497 e. The Bertz CT molecular complexity index is 872. The van der Waals surface area contributed by atoms with Gasteiger partial charge in [-0.25, -0.2) is 9.78 Å². The van der Waals surface area contributed by atoms with Crippen LogP contribution in [0.15, 0.2) is 60.9 Å². The first-order valence-corrected chi connectivity index (χ1v) is 7.86. The Labute approximate surface area is 150 Å². The lowest BCUT2D eigenvalue weighted by atomic mass is 10.1. The van der Waals surface area contributed by atoms with E-state index in [1.807, 2.05) is 0 Å². The fourth-order valence-electron chi connectivity index (χ4n) is 2.27. The normalized spacial score (nSPS) is 10.2. The number of anilines is 1. The van der Waals surface area contributed by atoms with Crippen LogP contribution in [0, 0.1) is 0 Å². The van der Waals surface area contributed by atoms with Crippen LogP contribution in [-0.2, 0) is 9.53 Å². The number of nitrogens with one attached hydrogen (secondary N) is 2. The Morgan fingerprint density at radius 1 is 1.08 bits per heavy atom. The van der Waals surface area contributed by atoms with Gasteiger partial charge in [0.2, 0.25) is 0 Å². The minimum atomic E-state index is -0.569. The van der Waals surface area contributed by atoms with E-state index >= 15 is 0 Å². The number of ether oxygens (including phenoxy) is 2. The van der Waals surface area contributed by atoms with Crippen LogP contribution in [-0.4, -0.2) is 35.6 Å². The molecule has 26 heavy (non-hydrogen) atoms. The fraction of sp³-hybridized carbons (Fsp3) is 0.105. The van der Waals surface area contributed by atoms with E-state index in [0.29, 0.717) is 22.8 Å². The summed E-state index contributed by atoms with van der Waals surface area (Å²) in [6.45, 7) is -0.370. The summed E-state index contributed by atoms with van der Waals surface area (Å²) in [6, 6.07) is 13.6. The van der Waals surface area contributed by atoms with Gasteiger partial charge in [0.15, 0.2) is 6.61 Å². The number of hydrogen-bond donors (Lipinski definition) is 2. The maximum atomic E-state index is 12.0. The molecule has 0 spiro atoms. The van der Waals surface area contributed by atoms with Gasteiger partial charge in [0.1, 0.15) is 11.6 Å². The van der Waals surface area contributed by atoms with Crippen LogP contribution in [0.5, 0.6) is 5.75 Å². The third kappa shape index (κ3) is 4.27. The van der Waals surface area contributed by atoms with E-state index < -0.39 is 11.9 Å². The maximum absolute atomic E-state index is 12.0. The van der Waals surface area contributed by atoms with Crippen molar-refractivity contribution in [2.75, 3.05) is 19.0 Å². The van der Waals surface area contributed by atoms with Crippen LogP contribution in [0.25, 0.3) is 11.4 Å². The van der Waals surface area contributed by atoms with E-state index in [2.05, 4.69) is 15.3 Å². The molecule has 0 radical (unpaired) electrons. The third-order valence-electron chi connectivity index (χ3n) is 3.60. The van der Waals surface area contributed by atoms with Crippen molar-refractivity contribution < 1.29 is 19.1 Å². The summed E-state index contributed by atoms with van der Waals surface area (Å²) in [5.41, 5.74) is 1.80. The first-order chi connectivity index (χ1) is 12.7. The second-order valence-corrected chi connectivity index (χ2v) is 5.37. The number of carbonyl (C=O) groups excluding carboxylic acids is 2. The number of methoxy groups -OCH3 is 1. The number of aromatic amines is 1. The Balaban J connectivity index is 1.52. The van der Waals surface area contributed by atoms with Gasteiger partial charge in [0, 0.05) is 23.6 Å². The summed E-state index contributed by atoms with van der Waals surface area (Å²) in [6.07, 6.45) is 3.37. The number of nitrogens with zero attached hydrogens (tertiary/aromatic N) is 1. The average molecular weight is 351 g/mol. The van der Waals surface area contributed by atoms with Gasteiger partial charge in [0.05, 0.1) is 12.7 Å². The number of hydrogen-bond acceptors (Lipinski definition) is 5. The van der Waals surface area contributed by atoms with Crippen molar-refractivity contribution in [3.8, 4) is 17.1 Å². The van der Waals surface area contributed by atoms with Crippen LogP contribution >= 0.6 is 0 Å². The number of rotatable bonds is 6. The number of carbonyl (C=O) groups is 2. The van der Waals surface area contributed by atoms with Crippen molar-refractivity contribution in [2.45, 2.75) is 0 Å². The van der Waals surface area contributed by atoms with Gasteiger partial charge in [-0.2, -0.15) is 0 Å². The SMILES string of the molecule is COc1ccc(NC(=O)COC(=O)c2ccc(-c3ncc[nH]3)cc2)cc1. The minimum absolute atomic E-state index is 0.359. The van der Waals surface area contributed by atoms with Gasteiger partial charge >= 0.3 is 5.97 Å². The molecule has 2 N–H and O–H groups in total. The van der Waals surface area contributed by atoms with Crippen molar-refractivity contribution in [3.05, 3.63) is 66.5 Å². The zero-order chi connectivity index (χ0) is 18.4. The fourth-order valence-corrected chi connectivity index (χ4v) is 2.27. The monoisotopic (exact) mass is 351 g/mol. The zero-order valence-corrected chi connectivity index (χ0v) is 14.1. The Hall–Kier alpha value is -3.61. The summed E-state index contributed by atoms with van der Waals surface area (Å²) in [4.78, 5) is 31.0. The number of benzene rings is 2. The van der Waals surface area contributed by atoms with Gasteiger partial charge in [-0.1, -0.05) is 12.1 Å². The molecule has 2 aromatic carbocycles. The standard InChI is InChI=1S/C19H17N3O4/c1-25-16-8-6-15(7-9-16)22-17(23)12-26-19(24)14-4-2-13(3-5-14)18-20-10-11-21-18/h2-11H,12H2,1H3,(H,20,21)(H,22,23). The first kappa shape index (κ1) is 17.2. The van der Waals surface area contributed by atoms with Gasteiger partial charge in [-0.05, 0) is 36.4 Å². The highest BCUT2D eigenvalue weighted by molar-refractivity contribution is 5.95. The van der Waals surface area contributed by atoms with Crippen molar-refractivity contribution in [1.29, 1.82) is 0 Å². The number of esters is 1. The predicted molar refractivity (Wildman–Crippen MR) is 95.9 cm³/mol. The van der Waals surface area contributed by atoms with Crippen LogP contribution in [0.3, 0.4) is 0 Å². The van der Waals surface area contributed by atoms with E-state index in [4.69, 9.17) is 9.47 Å². The molecule has 0 unspecified atom stereocenters. The lowest BCUT2D eigenvalue weighted by molar-refractivity contribution is -0.119. The molecule has 1 amide bonds. The summed E-state index contributed by atoms with van der Waals surface area (Å²) < 4.78 is 10.1. The highest BCUT2D eigenvalue weighted by Gasteiger charge is 2.11. The van der Waals surface area contributed by atoms with Crippen LogP contribution < -0.4 is 10.1 Å². The van der Waals surface area contributed by atoms with Crippen molar-refractivity contribution in [2.24, 2.45) is 0 Å². The average Bonchev–Trinajstić information content (AvgIpc) is 3.21. The molecule has 0 bridgehead atoms. The molecule has 0 aliphatic carbocycles. The smallest absolute Gasteiger partial charge is 0.338 e. The van der Waals surface area contributed by atoms with Gasteiger partial charge in [-0.15, -0.1) is 0 Å². The molecular weight excluding hydrogens is 334 g/mol.